The van der Waals surface area contributed by atoms with Crippen LogP contribution in [0.2, 0.25) is 0 Å². The summed E-state index contributed by atoms with van der Waals surface area (Å²) in [4.78, 5) is 2.53. The van der Waals surface area contributed by atoms with Gasteiger partial charge in [-0.05, 0) is 37.4 Å². The fourth-order valence-corrected chi connectivity index (χ4v) is 3.61. The highest BCUT2D eigenvalue weighted by Crippen LogP contribution is 2.24. The highest BCUT2D eigenvalue weighted by atomic mass is 15.1. The van der Waals surface area contributed by atoms with Crippen molar-refractivity contribution in [1.29, 1.82) is 0 Å². The standard InChI is InChI=1S/C21H28N2/c1-23(17-19-11-6-3-7-12-19)21-14-8-13-20(15-21)22-16-18-9-4-2-5-10-18/h2-7,9-12,20-22H,8,13-17H2,1H3. The van der Waals surface area contributed by atoms with E-state index in [4.69, 9.17) is 0 Å². The van der Waals surface area contributed by atoms with E-state index in [-0.39, 0.29) is 0 Å². The fourth-order valence-electron chi connectivity index (χ4n) is 3.61. The third-order valence-electron chi connectivity index (χ3n) is 4.98. The summed E-state index contributed by atoms with van der Waals surface area (Å²) in [6.07, 6.45) is 5.22. The summed E-state index contributed by atoms with van der Waals surface area (Å²) in [6.45, 7) is 2.04. The van der Waals surface area contributed by atoms with E-state index in [1.165, 1.54) is 36.8 Å². The molecule has 0 bridgehead atoms. The molecule has 2 heteroatoms. The Hall–Kier alpha value is -1.64. The van der Waals surface area contributed by atoms with Crippen molar-refractivity contribution in [2.24, 2.45) is 0 Å². The van der Waals surface area contributed by atoms with Gasteiger partial charge in [0.15, 0.2) is 0 Å². The second kappa shape index (κ2) is 8.28. The van der Waals surface area contributed by atoms with E-state index in [1.807, 2.05) is 0 Å². The molecule has 1 N–H and O–H groups in total. The van der Waals surface area contributed by atoms with E-state index in [0.29, 0.717) is 12.1 Å². The zero-order valence-corrected chi connectivity index (χ0v) is 14.1. The summed E-state index contributed by atoms with van der Waals surface area (Å²) < 4.78 is 0. The van der Waals surface area contributed by atoms with E-state index in [2.05, 4.69) is 77.9 Å². The lowest BCUT2D eigenvalue weighted by Gasteiger charge is -2.36. The molecule has 0 amide bonds. The Balaban J connectivity index is 1.49. The van der Waals surface area contributed by atoms with Gasteiger partial charge in [-0.15, -0.1) is 0 Å². The van der Waals surface area contributed by atoms with Crippen molar-refractivity contribution in [3.8, 4) is 0 Å². The second-order valence-electron chi connectivity index (χ2n) is 6.78. The van der Waals surface area contributed by atoms with Gasteiger partial charge in [-0.2, -0.15) is 0 Å². The molecule has 2 aromatic carbocycles. The molecule has 0 saturated heterocycles. The van der Waals surface area contributed by atoms with Gasteiger partial charge in [0.25, 0.3) is 0 Å². The van der Waals surface area contributed by atoms with Crippen LogP contribution in [0.5, 0.6) is 0 Å². The first kappa shape index (κ1) is 16.2. The Labute approximate surface area is 140 Å². The van der Waals surface area contributed by atoms with Crippen LogP contribution in [0, 0.1) is 0 Å². The van der Waals surface area contributed by atoms with Crippen molar-refractivity contribution in [2.45, 2.75) is 50.9 Å². The van der Waals surface area contributed by atoms with Gasteiger partial charge in [0.2, 0.25) is 0 Å². The monoisotopic (exact) mass is 308 g/mol. The number of nitrogens with one attached hydrogen (secondary N) is 1. The molecule has 1 saturated carbocycles. The van der Waals surface area contributed by atoms with E-state index >= 15 is 0 Å². The second-order valence-corrected chi connectivity index (χ2v) is 6.78. The molecular formula is C21H28N2. The molecule has 0 heterocycles. The molecule has 122 valence electrons. The minimum atomic E-state index is 0.646. The van der Waals surface area contributed by atoms with Gasteiger partial charge in [0.05, 0.1) is 0 Å². The molecule has 0 aliphatic heterocycles. The van der Waals surface area contributed by atoms with Gasteiger partial charge in [0, 0.05) is 25.2 Å². The fraction of sp³-hybridized carbons (Fsp3) is 0.429. The van der Waals surface area contributed by atoms with Crippen molar-refractivity contribution < 1.29 is 0 Å². The Morgan fingerprint density at radius 2 is 1.57 bits per heavy atom. The summed E-state index contributed by atoms with van der Waals surface area (Å²) in [5, 5.41) is 3.76. The number of benzene rings is 2. The summed E-state index contributed by atoms with van der Waals surface area (Å²) in [6, 6.07) is 22.9. The summed E-state index contributed by atoms with van der Waals surface area (Å²) in [7, 11) is 2.28. The third kappa shape index (κ3) is 4.92. The number of nitrogens with zero attached hydrogens (tertiary/aromatic N) is 1. The molecule has 2 aromatic rings. The lowest BCUT2D eigenvalue weighted by atomic mass is 9.89. The maximum Gasteiger partial charge on any atom is 0.0233 e. The van der Waals surface area contributed by atoms with E-state index in [0.717, 1.165) is 13.1 Å². The zero-order valence-electron chi connectivity index (χ0n) is 14.1. The molecule has 1 aliphatic carbocycles. The SMILES string of the molecule is CN(Cc1ccccc1)C1CCCC(NCc2ccccc2)C1. The number of rotatable bonds is 6. The van der Waals surface area contributed by atoms with Crippen molar-refractivity contribution in [3.05, 3.63) is 71.8 Å². The quantitative estimate of drug-likeness (QED) is 0.859. The Morgan fingerprint density at radius 1 is 0.913 bits per heavy atom. The molecule has 2 atom stereocenters. The summed E-state index contributed by atoms with van der Waals surface area (Å²) in [5.74, 6) is 0. The van der Waals surface area contributed by atoms with Crippen LogP contribution in [0.4, 0.5) is 0 Å². The van der Waals surface area contributed by atoms with Crippen molar-refractivity contribution >= 4 is 0 Å². The lowest BCUT2D eigenvalue weighted by Crippen LogP contribution is -2.42. The van der Waals surface area contributed by atoms with Gasteiger partial charge in [-0.1, -0.05) is 67.1 Å². The lowest BCUT2D eigenvalue weighted by molar-refractivity contribution is 0.162. The van der Waals surface area contributed by atoms with Crippen LogP contribution in [-0.4, -0.2) is 24.0 Å². The molecule has 1 fully saturated rings. The first-order valence-corrected chi connectivity index (χ1v) is 8.83. The Kier molecular flexibility index (Phi) is 5.84. The Bertz CT molecular complexity index is 567. The number of hydrogen-bond acceptors (Lipinski definition) is 2. The summed E-state index contributed by atoms with van der Waals surface area (Å²) >= 11 is 0. The van der Waals surface area contributed by atoms with Crippen LogP contribution >= 0.6 is 0 Å². The van der Waals surface area contributed by atoms with Crippen LogP contribution in [0.1, 0.15) is 36.8 Å². The van der Waals surface area contributed by atoms with E-state index < -0.39 is 0 Å². The van der Waals surface area contributed by atoms with Crippen molar-refractivity contribution in [3.63, 3.8) is 0 Å². The normalized spacial score (nSPS) is 21.5. The van der Waals surface area contributed by atoms with Crippen LogP contribution < -0.4 is 5.32 Å². The smallest absolute Gasteiger partial charge is 0.0233 e. The molecule has 1 aliphatic rings. The van der Waals surface area contributed by atoms with Gasteiger partial charge in [-0.25, -0.2) is 0 Å². The zero-order chi connectivity index (χ0) is 15.9. The molecule has 0 spiro atoms. The van der Waals surface area contributed by atoms with Gasteiger partial charge in [0.1, 0.15) is 0 Å². The van der Waals surface area contributed by atoms with Crippen LogP contribution in [0.25, 0.3) is 0 Å². The summed E-state index contributed by atoms with van der Waals surface area (Å²) in [5.41, 5.74) is 2.79. The average Bonchev–Trinajstić information content (AvgIpc) is 2.62. The third-order valence-corrected chi connectivity index (χ3v) is 4.98. The highest BCUT2D eigenvalue weighted by Gasteiger charge is 2.24. The van der Waals surface area contributed by atoms with Crippen LogP contribution in [0.3, 0.4) is 0 Å². The molecule has 3 rings (SSSR count). The van der Waals surface area contributed by atoms with Crippen LogP contribution in [0.15, 0.2) is 60.7 Å². The maximum atomic E-state index is 3.76. The maximum absolute atomic E-state index is 3.76. The van der Waals surface area contributed by atoms with E-state index in [9.17, 15) is 0 Å². The van der Waals surface area contributed by atoms with Gasteiger partial charge >= 0.3 is 0 Å². The van der Waals surface area contributed by atoms with Crippen molar-refractivity contribution in [1.82, 2.24) is 10.2 Å². The molecule has 0 aromatic heterocycles. The predicted octanol–water partition coefficient (Wildman–Crippen LogP) is 4.22. The number of hydrogen-bond donors (Lipinski definition) is 1. The van der Waals surface area contributed by atoms with Gasteiger partial charge in [-0.3, -0.25) is 4.90 Å². The largest absolute Gasteiger partial charge is 0.310 e. The minimum absolute atomic E-state index is 0.646. The molecule has 2 nitrogen and oxygen atoms in total. The molecule has 23 heavy (non-hydrogen) atoms. The Morgan fingerprint density at radius 3 is 2.26 bits per heavy atom. The molecule has 2 unspecified atom stereocenters. The molecule has 0 radical (unpaired) electrons. The van der Waals surface area contributed by atoms with Crippen LogP contribution in [-0.2, 0) is 13.1 Å². The average molecular weight is 308 g/mol. The van der Waals surface area contributed by atoms with E-state index in [1.54, 1.807) is 0 Å². The molecular weight excluding hydrogens is 280 g/mol. The minimum Gasteiger partial charge on any atom is -0.310 e. The first-order chi connectivity index (χ1) is 11.3. The topological polar surface area (TPSA) is 15.3 Å². The highest BCUT2D eigenvalue weighted by molar-refractivity contribution is 5.15. The first-order valence-electron chi connectivity index (χ1n) is 8.83. The van der Waals surface area contributed by atoms with Crippen molar-refractivity contribution in [2.75, 3.05) is 7.05 Å². The predicted molar refractivity (Wildman–Crippen MR) is 97.2 cm³/mol. The van der Waals surface area contributed by atoms with Gasteiger partial charge < -0.3 is 5.32 Å².